The number of rotatable bonds is 9. The zero-order valence-corrected chi connectivity index (χ0v) is 11.2. The van der Waals surface area contributed by atoms with Crippen LogP contribution in [0.1, 0.15) is 25.3 Å². The van der Waals surface area contributed by atoms with Crippen LogP contribution in [-0.2, 0) is 6.54 Å². The summed E-state index contributed by atoms with van der Waals surface area (Å²) in [6.45, 7) is 4.13. The van der Waals surface area contributed by atoms with E-state index >= 15 is 0 Å². The Morgan fingerprint density at radius 1 is 1.22 bits per heavy atom. The summed E-state index contributed by atoms with van der Waals surface area (Å²) >= 11 is 0. The SMILES string of the molecule is CCOc1cccc(CNC)c1OCCCCO. The van der Waals surface area contributed by atoms with Gasteiger partial charge in [0, 0.05) is 18.7 Å². The van der Waals surface area contributed by atoms with Crippen LogP contribution in [0, 0.1) is 0 Å². The predicted octanol–water partition coefficient (Wildman–Crippen LogP) is 1.96. The van der Waals surface area contributed by atoms with Crippen molar-refractivity contribution in [3.63, 3.8) is 0 Å². The normalized spacial score (nSPS) is 10.4. The number of hydrogen-bond donors (Lipinski definition) is 2. The molecule has 1 aromatic rings. The lowest BCUT2D eigenvalue weighted by Crippen LogP contribution is -2.09. The molecule has 1 rings (SSSR count). The zero-order valence-electron chi connectivity index (χ0n) is 11.2. The van der Waals surface area contributed by atoms with E-state index in [1.165, 1.54) is 0 Å². The molecule has 0 saturated carbocycles. The van der Waals surface area contributed by atoms with Crippen molar-refractivity contribution >= 4 is 0 Å². The van der Waals surface area contributed by atoms with Gasteiger partial charge in [-0.2, -0.15) is 0 Å². The number of ether oxygens (including phenoxy) is 2. The van der Waals surface area contributed by atoms with E-state index in [4.69, 9.17) is 14.6 Å². The van der Waals surface area contributed by atoms with Crippen molar-refractivity contribution < 1.29 is 14.6 Å². The summed E-state index contributed by atoms with van der Waals surface area (Å²) in [5, 5.41) is 11.9. The third-order valence-corrected chi connectivity index (χ3v) is 2.53. The van der Waals surface area contributed by atoms with Crippen molar-refractivity contribution in [3.8, 4) is 11.5 Å². The van der Waals surface area contributed by atoms with Crippen molar-refractivity contribution in [2.45, 2.75) is 26.3 Å². The number of hydrogen-bond acceptors (Lipinski definition) is 4. The number of para-hydroxylation sites is 1. The number of nitrogens with one attached hydrogen (secondary N) is 1. The second-order valence-electron chi connectivity index (χ2n) is 3.99. The van der Waals surface area contributed by atoms with E-state index in [9.17, 15) is 0 Å². The van der Waals surface area contributed by atoms with Gasteiger partial charge in [-0.1, -0.05) is 12.1 Å². The van der Waals surface area contributed by atoms with Gasteiger partial charge in [-0.15, -0.1) is 0 Å². The molecule has 0 aromatic heterocycles. The summed E-state index contributed by atoms with van der Waals surface area (Å²) in [5.41, 5.74) is 1.09. The van der Waals surface area contributed by atoms with Gasteiger partial charge >= 0.3 is 0 Å². The van der Waals surface area contributed by atoms with E-state index < -0.39 is 0 Å². The molecule has 0 heterocycles. The molecule has 0 aliphatic heterocycles. The number of aliphatic hydroxyl groups is 1. The van der Waals surface area contributed by atoms with Crippen LogP contribution in [0.25, 0.3) is 0 Å². The molecule has 0 aliphatic rings. The Hall–Kier alpha value is -1.26. The average molecular weight is 253 g/mol. The third kappa shape index (κ3) is 4.55. The molecule has 0 saturated heterocycles. The first-order valence-corrected chi connectivity index (χ1v) is 6.46. The molecule has 0 aliphatic carbocycles. The summed E-state index contributed by atoms with van der Waals surface area (Å²) in [5.74, 6) is 1.60. The molecule has 2 N–H and O–H groups in total. The highest BCUT2D eigenvalue weighted by atomic mass is 16.5. The Morgan fingerprint density at radius 2 is 2.06 bits per heavy atom. The van der Waals surface area contributed by atoms with Crippen molar-refractivity contribution in [3.05, 3.63) is 23.8 Å². The summed E-state index contributed by atoms with van der Waals surface area (Å²) in [7, 11) is 1.91. The average Bonchev–Trinajstić information content (AvgIpc) is 2.38. The molecule has 0 bridgehead atoms. The van der Waals surface area contributed by atoms with Gasteiger partial charge in [0.25, 0.3) is 0 Å². The molecular weight excluding hydrogens is 230 g/mol. The van der Waals surface area contributed by atoms with Gasteiger partial charge in [0.1, 0.15) is 0 Å². The molecule has 18 heavy (non-hydrogen) atoms. The van der Waals surface area contributed by atoms with Crippen molar-refractivity contribution in [2.75, 3.05) is 26.9 Å². The Kier molecular flexibility index (Phi) is 7.22. The van der Waals surface area contributed by atoms with Crippen LogP contribution in [0.3, 0.4) is 0 Å². The van der Waals surface area contributed by atoms with Crippen molar-refractivity contribution in [1.82, 2.24) is 5.32 Å². The van der Waals surface area contributed by atoms with E-state index in [0.717, 1.165) is 36.4 Å². The number of unbranched alkanes of at least 4 members (excludes halogenated alkanes) is 1. The molecule has 0 amide bonds. The van der Waals surface area contributed by atoms with Crippen LogP contribution >= 0.6 is 0 Å². The van der Waals surface area contributed by atoms with E-state index in [0.29, 0.717) is 13.2 Å². The van der Waals surface area contributed by atoms with E-state index in [2.05, 4.69) is 5.32 Å². The second-order valence-corrected chi connectivity index (χ2v) is 3.99. The van der Waals surface area contributed by atoms with Gasteiger partial charge in [0.05, 0.1) is 13.2 Å². The summed E-state index contributed by atoms with van der Waals surface area (Å²) in [4.78, 5) is 0. The molecule has 0 radical (unpaired) electrons. The highest BCUT2D eigenvalue weighted by Gasteiger charge is 2.10. The lowest BCUT2D eigenvalue weighted by atomic mass is 10.2. The van der Waals surface area contributed by atoms with E-state index in [1.54, 1.807) is 0 Å². The zero-order chi connectivity index (χ0) is 13.2. The first-order chi connectivity index (χ1) is 8.83. The van der Waals surface area contributed by atoms with Gasteiger partial charge in [0.15, 0.2) is 11.5 Å². The molecular formula is C14H23NO3. The highest BCUT2D eigenvalue weighted by Crippen LogP contribution is 2.31. The standard InChI is InChI=1S/C14H23NO3/c1-3-17-13-8-6-7-12(11-15-2)14(13)18-10-5-4-9-16/h6-8,15-16H,3-5,9-11H2,1-2H3. The van der Waals surface area contributed by atoms with Crippen molar-refractivity contribution in [2.24, 2.45) is 0 Å². The largest absolute Gasteiger partial charge is 0.490 e. The van der Waals surface area contributed by atoms with Gasteiger partial charge in [-0.05, 0) is 32.9 Å². The molecule has 0 spiro atoms. The molecule has 0 atom stereocenters. The van der Waals surface area contributed by atoms with Gasteiger partial charge in [-0.25, -0.2) is 0 Å². The maximum atomic E-state index is 8.75. The van der Waals surface area contributed by atoms with Gasteiger partial charge in [0.2, 0.25) is 0 Å². The smallest absolute Gasteiger partial charge is 0.165 e. The fraction of sp³-hybridized carbons (Fsp3) is 0.571. The van der Waals surface area contributed by atoms with Crippen molar-refractivity contribution in [1.29, 1.82) is 0 Å². The topological polar surface area (TPSA) is 50.7 Å². The monoisotopic (exact) mass is 253 g/mol. The summed E-state index contributed by atoms with van der Waals surface area (Å²) in [6.07, 6.45) is 1.61. The second kappa shape index (κ2) is 8.78. The van der Waals surface area contributed by atoms with Crippen LogP contribution in [0.15, 0.2) is 18.2 Å². The number of benzene rings is 1. The fourth-order valence-corrected chi connectivity index (χ4v) is 1.71. The van der Waals surface area contributed by atoms with E-state index in [-0.39, 0.29) is 6.61 Å². The maximum absolute atomic E-state index is 8.75. The van der Waals surface area contributed by atoms with Crippen LogP contribution in [-0.4, -0.2) is 32.0 Å². The van der Waals surface area contributed by atoms with Gasteiger partial charge < -0.3 is 19.9 Å². The lowest BCUT2D eigenvalue weighted by molar-refractivity contribution is 0.241. The first kappa shape index (κ1) is 14.8. The van der Waals surface area contributed by atoms with Crippen LogP contribution in [0.2, 0.25) is 0 Å². The number of aliphatic hydroxyl groups excluding tert-OH is 1. The van der Waals surface area contributed by atoms with Crippen LogP contribution < -0.4 is 14.8 Å². The molecule has 4 nitrogen and oxygen atoms in total. The quantitative estimate of drug-likeness (QED) is 0.661. The first-order valence-electron chi connectivity index (χ1n) is 6.46. The minimum Gasteiger partial charge on any atom is -0.490 e. The fourth-order valence-electron chi connectivity index (χ4n) is 1.71. The summed E-state index contributed by atoms with van der Waals surface area (Å²) < 4.78 is 11.4. The minimum atomic E-state index is 0.208. The summed E-state index contributed by atoms with van der Waals surface area (Å²) in [6, 6.07) is 5.92. The molecule has 1 aromatic carbocycles. The van der Waals surface area contributed by atoms with Crippen LogP contribution in [0.5, 0.6) is 11.5 Å². The Morgan fingerprint density at radius 3 is 2.72 bits per heavy atom. The minimum absolute atomic E-state index is 0.208. The Balaban J connectivity index is 2.74. The maximum Gasteiger partial charge on any atom is 0.165 e. The molecule has 0 fully saturated rings. The molecule has 102 valence electrons. The predicted molar refractivity (Wildman–Crippen MR) is 72.2 cm³/mol. The third-order valence-electron chi connectivity index (χ3n) is 2.53. The highest BCUT2D eigenvalue weighted by molar-refractivity contribution is 5.46. The Labute approximate surface area is 109 Å². The Bertz CT molecular complexity index is 318. The van der Waals surface area contributed by atoms with Crippen LogP contribution in [0.4, 0.5) is 0 Å². The molecule has 0 unspecified atom stereocenters. The lowest BCUT2D eigenvalue weighted by Gasteiger charge is -2.15. The van der Waals surface area contributed by atoms with E-state index in [1.807, 2.05) is 32.2 Å². The van der Waals surface area contributed by atoms with Gasteiger partial charge in [-0.3, -0.25) is 0 Å². The molecule has 4 heteroatoms.